The van der Waals surface area contributed by atoms with Crippen molar-refractivity contribution in [1.29, 1.82) is 5.26 Å². The fourth-order valence-corrected chi connectivity index (χ4v) is 1.59. The lowest BCUT2D eigenvalue weighted by Crippen LogP contribution is -2.38. The van der Waals surface area contributed by atoms with Crippen LogP contribution in [0.15, 0.2) is 0 Å². The van der Waals surface area contributed by atoms with Gasteiger partial charge in [0.1, 0.15) is 6.04 Å². The maximum Gasteiger partial charge on any atom is 0.350 e. The van der Waals surface area contributed by atoms with Crippen LogP contribution in [-0.4, -0.2) is 20.2 Å². The van der Waals surface area contributed by atoms with E-state index in [9.17, 15) is 17.2 Å². The lowest BCUT2D eigenvalue weighted by molar-refractivity contribution is 0.231. The first kappa shape index (κ1) is 10.3. The largest absolute Gasteiger partial charge is 0.350 e. The third-order valence-corrected chi connectivity index (χ3v) is 2.81. The number of nitrogens with one attached hydrogen (secondary N) is 1. The molecule has 0 aliphatic heterocycles. The second-order valence-corrected chi connectivity index (χ2v) is 4.55. The molecule has 0 spiro atoms. The van der Waals surface area contributed by atoms with Crippen LogP contribution in [0.2, 0.25) is 0 Å². The Bertz CT molecular complexity index is 318. The molecule has 1 saturated carbocycles. The summed E-state index contributed by atoms with van der Waals surface area (Å²) in [5, 5.41) is 8.46. The minimum Gasteiger partial charge on any atom is -0.206 e. The Kier molecular flexibility index (Phi) is 2.83. The van der Waals surface area contributed by atoms with E-state index in [0.717, 1.165) is 0 Å². The van der Waals surface area contributed by atoms with E-state index in [4.69, 9.17) is 5.26 Å². The monoisotopic (exact) mass is 210 g/mol. The Hall–Kier alpha value is -0.740. The third-order valence-electron chi connectivity index (χ3n) is 1.76. The Morgan fingerprint density at radius 1 is 1.46 bits per heavy atom. The Balaban J connectivity index is 2.61. The number of nitriles is 1. The van der Waals surface area contributed by atoms with E-state index < -0.39 is 21.8 Å². The minimum atomic E-state index is -4.62. The van der Waals surface area contributed by atoms with Crippen LogP contribution in [0.1, 0.15) is 12.8 Å². The van der Waals surface area contributed by atoms with Gasteiger partial charge in [0.25, 0.3) is 10.0 Å². The molecule has 1 unspecified atom stereocenters. The zero-order chi connectivity index (χ0) is 10.1. The van der Waals surface area contributed by atoms with Crippen LogP contribution in [0.4, 0.5) is 8.78 Å². The van der Waals surface area contributed by atoms with Crippen molar-refractivity contribution in [3.05, 3.63) is 0 Å². The smallest absolute Gasteiger partial charge is 0.206 e. The van der Waals surface area contributed by atoms with E-state index in [2.05, 4.69) is 0 Å². The fourth-order valence-electron chi connectivity index (χ4n) is 0.886. The lowest BCUT2D eigenvalue weighted by Gasteiger charge is -2.09. The lowest BCUT2D eigenvalue weighted by atomic mass is 10.2. The van der Waals surface area contributed by atoms with Crippen molar-refractivity contribution in [3.63, 3.8) is 0 Å². The molecular formula is C6H8F2N2O2S. The number of alkyl halides is 2. The van der Waals surface area contributed by atoms with E-state index in [-0.39, 0.29) is 5.92 Å². The average molecular weight is 210 g/mol. The predicted molar refractivity (Wildman–Crippen MR) is 40.2 cm³/mol. The summed E-state index contributed by atoms with van der Waals surface area (Å²) >= 11 is 0. The number of rotatable bonds is 4. The molecule has 7 heteroatoms. The molecule has 1 aliphatic rings. The van der Waals surface area contributed by atoms with Crippen molar-refractivity contribution in [2.75, 3.05) is 0 Å². The highest BCUT2D eigenvalue weighted by Gasteiger charge is 2.36. The van der Waals surface area contributed by atoms with Crippen LogP contribution < -0.4 is 4.72 Å². The van der Waals surface area contributed by atoms with Crippen LogP contribution >= 0.6 is 0 Å². The van der Waals surface area contributed by atoms with Gasteiger partial charge < -0.3 is 0 Å². The minimum absolute atomic E-state index is 0.0986. The summed E-state index contributed by atoms with van der Waals surface area (Å²) in [5.74, 6) is -3.57. The molecule has 0 aromatic rings. The van der Waals surface area contributed by atoms with Crippen molar-refractivity contribution in [2.24, 2.45) is 5.92 Å². The Morgan fingerprint density at radius 3 is 2.31 bits per heavy atom. The molecule has 1 rings (SSSR count). The molecule has 0 bridgehead atoms. The van der Waals surface area contributed by atoms with Gasteiger partial charge in [-0.2, -0.15) is 18.8 Å². The molecule has 0 saturated heterocycles. The van der Waals surface area contributed by atoms with Gasteiger partial charge in [0.15, 0.2) is 0 Å². The van der Waals surface area contributed by atoms with E-state index >= 15 is 0 Å². The quantitative estimate of drug-likeness (QED) is 0.731. The maximum atomic E-state index is 11.8. The number of hydrogen-bond acceptors (Lipinski definition) is 3. The van der Waals surface area contributed by atoms with Crippen molar-refractivity contribution in [1.82, 2.24) is 4.72 Å². The number of nitrogens with zero attached hydrogens (tertiary/aromatic N) is 1. The zero-order valence-electron chi connectivity index (χ0n) is 6.57. The van der Waals surface area contributed by atoms with Gasteiger partial charge in [-0.15, -0.1) is 0 Å². The van der Waals surface area contributed by atoms with Crippen molar-refractivity contribution in [3.8, 4) is 6.07 Å². The van der Waals surface area contributed by atoms with Gasteiger partial charge in [-0.05, 0) is 18.8 Å². The summed E-state index contributed by atoms with van der Waals surface area (Å²) < 4.78 is 46.6. The second-order valence-electron chi connectivity index (χ2n) is 2.87. The third kappa shape index (κ3) is 2.60. The standard InChI is InChI=1S/C6H8F2N2O2S/c7-6(8)13(11,12)10-5(3-9)4-1-2-4/h4-6,10H,1-2H2. The topological polar surface area (TPSA) is 70.0 Å². The predicted octanol–water partition coefficient (Wildman–Crippen LogP) is 0.431. The van der Waals surface area contributed by atoms with E-state index in [1.54, 1.807) is 10.8 Å². The molecule has 13 heavy (non-hydrogen) atoms. The van der Waals surface area contributed by atoms with Gasteiger partial charge in [0, 0.05) is 0 Å². The number of halogens is 2. The first-order valence-electron chi connectivity index (χ1n) is 3.66. The van der Waals surface area contributed by atoms with Crippen LogP contribution in [-0.2, 0) is 10.0 Å². The normalized spacial score (nSPS) is 19.8. The van der Waals surface area contributed by atoms with Crippen LogP contribution in [0.5, 0.6) is 0 Å². The highest BCUT2D eigenvalue weighted by molar-refractivity contribution is 7.89. The van der Waals surface area contributed by atoms with Crippen molar-refractivity contribution < 1.29 is 17.2 Å². The Morgan fingerprint density at radius 2 is 2.00 bits per heavy atom. The van der Waals surface area contributed by atoms with Crippen molar-refractivity contribution in [2.45, 2.75) is 24.6 Å². The van der Waals surface area contributed by atoms with Gasteiger partial charge in [-0.25, -0.2) is 8.42 Å². The second kappa shape index (κ2) is 3.55. The summed E-state index contributed by atoms with van der Waals surface area (Å²) in [5.41, 5.74) is 0. The molecule has 1 fully saturated rings. The molecule has 0 amide bonds. The fraction of sp³-hybridized carbons (Fsp3) is 0.833. The summed E-state index contributed by atoms with van der Waals surface area (Å²) in [7, 11) is -4.62. The van der Waals surface area contributed by atoms with E-state index in [0.29, 0.717) is 12.8 Å². The average Bonchev–Trinajstić information content (AvgIpc) is 2.82. The molecule has 74 valence electrons. The van der Waals surface area contributed by atoms with Crippen LogP contribution in [0.25, 0.3) is 0 Å². The van der Waals surface area contributed by atoms with Gasteiger partial charge in [0.05, 0.1) is 6.07 Å². The van der Waals surface area contributed by atoms with Crippen molar-refractivity contribution >= 4 is 10.0 Å². The number of sulfonamides is 1. The van der Waals surface area contributed by atoms with Crippen LogP contribution in [0.3, 0.4) is 0 Å². The van der Waals surface area contributed by atoms with E-state index in [1.165, 1.54) is 0 Å². The summed E-state index contributed by atoms with van der Waals surface area (Å²) in [6, 6.07) is 0.650. The van der Waals surface area contributed by atoms with Crippen LogP contribution in [0, 0.1) is 17.2 Å². The molecule has 4 nitrogen and oxygen atoms in total. The van der Waals surface area contributed by atoms with E-state index in [1.807, 2.05) is 0 Å². The van der Waals surface area contributed by atoms with Gasteiger partial charge in [-0.3, -0.25) is 0 Å². The summed E-state index contributed by atoms with van der Waals surface area (Å²) in [4.78, 5) is 0. The SMILES string of the molecule is N#CC(NS(=O)(=O)C(F)F)C1CC1. The molecule has 0 heterocycles. The molecule has 0 aromatic heterocycles. The highest BCUT2D eigenvalue weighted by Crippen LogP contribution is 2.32. The molecule has 1 aliphatic carbocycles. The molecule has 0 aromatic carbocycles. The number of hydrogen-bond donors (Lipinski definition) is 1. The van der Waals surface area contributed by atoms with Gasteiger partial charge in [-0.1, -0.05) is 0 Å². The first-order chi connectivity index (χ1) is 5.97. The molecule has 0 radical (unpaired) electrons. The van der Waals surface area contributed by atoms with Gasteiger partial charge >= 0.3 is 5.76 Å². The zero-order valence-corrected chi connectivity index (χ0v) is 7.39. The Labute approximate surface area is 74.6 Å². The highest BCUT2D eigenvalue weighted by atomic mass is 32.2. The molecule has 1 atom stereocenters. The maximum absolute atomic E-state index is 11.8. The molecular weight excluding hydrogens is 202 g/mol. The summed E-state index contributed by atoms with van der Waals surface area (Å²) in [6.45, 7) is 0. The molecule has 1 N–H and O–H groups in total. The first-order valence-corrected chi connectivity index (χ1v) is 5.21. The summed E-state index contributed by atoms with van der Waals surface area (Å²) in [6.07, 6.45) is 1.42. The van der Waals surface area contributed by atoms with Gasteiger partial charge in [0.2, 0.25) is 0 Å².